The van der Waals surface area contributed by atoms with E-state index in [1.54, 1.807) is 0 Å². The van der Waals surface area contributed by atoms with Gasteiger partial charge < -0.3 is 5.32 Å². The van der Waals surface area contributed by atoms with E-state index in [-0.39, 0.29) is 12.4 Å². The summed E-state index contributed by atoms with van der Waals surface area (Å²) in [5.74, 6) is 0. The van der Waals surface area contributed by atoms with Crippen LogP contribution >= 0.6 is 12.4 Å². The van der Waals surface area contributed by atoms with Crippen LogP contribution in [0.4, 0.5) is 0 Å². The molecule has 25 heavy (non-hydrogen) atoms. The predicted octanol–water partition coefficient (Wildman–Crippen LogP) is 5.89. The minimum atomic E-state index is 0. The lowest BCUT2D eigenvalue weighted by molar-refractivity contribution is 0.618. The molecule has 0 saturated carbocycles. The summed E-state index contributed by atoms with van der Waals surface area (Å²) in [6.07, 6.45) is 2.28. The maximum absolute atomic E-state index is 3.59. The summed E-state index contributed by atoms with van der Waals surface area (Å²) in [5.41, 5.74) is 5.08. The van der Waals surface area contributed by atoms with Crippen LogP contribution in [0.15, 0.2) is 97.1 Å². The summed E-state index contributed by atoms with van der Waals surface area (Å²) in [6, 6.07) is 32.0. The lowest BCUT2D eigenvalue weighted by Gasteiger charge is -2.14. The van der Waals surface area contributed by atoms with E-state index in [1.807, 2.05) is 0 Å². The molecule has 3 aromatic carbocycles. The van der Waals surface area contributed by atoms with E-state index in [0.717, 1.165) is 6.54 Å². The third kappa shape index (κ3) is 5.32. The average molecular weight is 350 g/mol. The van der Waals surface area contributed by atoms with E-state index in [9.17, 15) is 0 Å². The number of nitrogens with one attached hydrogen (secondary N) is 1. The summed E-state index contributed by atoms with van der Waals surface area (Å²) in [7, 11) is 0. The molecule has 1 N–H and O–H groups in total. The van der Waals surface area contributed by atoms with Crippen molar-refractivity contribution in [2.45, 2.75) is 13.0 Å². The van der Waals surface area contributed by atoms with Crippen LogP contribution in [0.5, 0.6) is 0 Å². The zero-order valence-corrected chi connectivity index (χ0v) is 15.2. The highest BCUT2D eigenvalue weighted by molar-refractivity contribution is 5.85. The highest BCUT2D eigenvalue weighted by atomic mass is 35.5. The summed E-state index contributed by atoms with van der Waals surface area (Å²) in [5, 5.41) is 3.59. The molecule has 0 aliphatic heterocycles. The third-order valence-electron chi connectivity index (χ3n) is 4.20. The van der Waals surface area contributed by atoms with Crippen LogP contribution in [0.3, 0.4) is 0 Å². The molecule has 0 aliphatic rings. The lowest BCUT2D eigenvalue weighted by Crippen LogP contribution is -2.18. The number of halogens is 1. The summed E-state index contributed by atoms with van der Waals surface area (Å²) in [4.78, 5) is 0. The molecule has 0 aromatic heterocycles. The topological polar surface area (TPSA) is 12.0 Å². The number of hydrogen-bond donors (Lipinski definition) is 1. The van der Waals surface area contributed by atoms with Crippen LogP contribution < -0.4 is 5.32 Å². The van der Waals surface area contributed by atoms with Crippen LogP contribution in [-0.4, -0.2) is 6.54 Å². The van der Waals surface area contributed by atoms with Gasteiger partial charge in [-0.25, -0.2) is 0 Å². The Morgan fingerprint density at radius 3 is 1.68 bits per heavy atom. The van der Waals surface area contributed by atoms with Crippen LogP contribution in [0.2, 0.25) is 0 Å². The van der Waals surface area contributed by atoms with E-state index in [1.165, 1.54) is 22.3 Å². The van der Waals surface area contributed by atoms with Gasteiger partial charge in [0.15, 0.2) is 0 Å². The monoisotopic (exact) mass is 349 g/mol. The highest BCUT2D eigenvalue weighted by Crippen LogP contribution is 2.23. The molecule has 128 valence electrons. The van der Waals surface area contributed by atoms with Gasteiger partial charge in [-0.05, 0) is 29.2 Å². The van der Waals surface area contributed by atoms with Crippen molar-refractivity contribution in [1.82, 2.24) is 5.32 Å². The van der Waals surface area contributed by atoms with Gasteiger partial charge in [0, 0.05) is 12.6 Å². The van der Waals surface area contributed by atoms with E-state index in [2.05, 4.69) is 109 Å². The van der Waals surface area contributed by atoms with Gasteiger partial charge in [-0.3, -0.25) is 0 Å². The number of rotatable bonds is 6. The molecule has 1 atom stereocenters. The smallest absolute Gasteiger partial charge is 0.0294 e. The standard InChI is InChI=1S/C23H23N.ClH/c1-19(20-11-5-2-6-12-20)24-18-17-23(21-13-7-3-8-14-21)22-15-9-4-10-16-22;/h2-17,19,24H,18H2,1H3;1H. The molecule has 2 heteroatoms. The molecular formula is C23H24ClN. The Labute approximate surface area is 156 Å². The Morgan fingerprint density at radius 2 is 1.20 bits per heavy atom. The van der Waals surface area contributed by atoms with Crippen molar-refractivity contribution < 1.29 is 0 Å². The SMILES string of the molecule is CC(NCC=C(c1ccccc1)c1ccccc1)c1ccccc1.Cl. The summed E-state index contributed by atoms with van der Waals surface area (Å²) < 4.78 is 0. The molecular weight excluding hydrogens is 326 g/mol. The highest BCUT2D eigenvalue weighted by Gasteiger charge is 2.05. The molecule has 0 bridgehead atoms. The molecule has 0 amide bonds. The fourth-order valence-corrected chi connectivity index (χ4v) is 2.84. The van der Waals surface area contributed by atoms with Crippen molar-refractivity contribution >= 4 is 18.0 Å². The Balaban J connectivity index is 0.00000225. The quantitative estimate of drug-likeness (QED) is 0.585. The van der Waals surface area contributed by atoms with Gasteiger partial charge in [-0.1, -0.05) is 97.1 Å². The Bertz CT molecular complexity index is 725. The Hall–Kier alpha value is -2.35. The zero-order chi connectivity index (χ0) is 16.6. The maximum atomic E-state index is 3.59. The molecule has 0 spiro atoms. The predicted molar refractivity (Wildman–Crippen MR) is 110 cm³/mol. The van der Waals surface area contributed by atoms with Gasteiger partial charge in [-0.2, -0.15) is 0 Å². The van der Waals surface area contributed by atoms with Gasteiger partial charge in [0.2, 0.25) is 0 Å². The van der Waals surface area contributed by atoms with Gasteiger partial charge in [0.1, 0.15) is 0 Å². The van der Waals surface area contributed by atoms with Crippen LogP contribution in [0.1, 0.15) is 29.7 Å². The average Bonchev–Trinajstić information content (AvgIpc) is 2.67. The van der Waals surface area contributed by atoms with Crippen molar-refractivity contribution in [3.63, 3.8) is 0 Å². The van der Waals surface area contributed by atoms with Crippen LogP contribution in [0, 0.1) is 0 Å². The molecule has 1 nitrogen and oxygen atoms in total. The minimum absolute atomic E-state index is 0. The number of hydrogen-bond acceptors (Lipinski definition) is 1. The molecule has 0 heterocycles. The normalized spacial score (nSPS) is 11.2. The van der Waals surface area contributed by atoms with Gasteiger partial charge in [0.25, 0.3) is 0 Å². The molecule has 0 saturated heterocycles. The van der Waals surface area contributed by atoms with Gasteiger partial charge >= 0.3 is 0 Å². The Morgan fingerprint density at radius 1 is 0.760 bits per heavy atom. The first-order valence-electron chi connectivity index (χ1n) is 8.44. The fraction of sp³-hybridized carbons (Fsp3) is 0.130. The van der Waals surface area contributed by atoms with E-state index in [4.69, 9.17) is 0 Å². The van der Waals surface area contributed by atoms with Crippen molar-refractivity contribution in [3.05, 3.63) is 114 Å². The van der Waals surface area contributed by atoms with Crippen molar-refractivity contribution in [2.24, 2.45) is 0 Å². The Kier molecular flexibility index (Phi) is 7.46. The first-order valence-corrected chi connectivity index (χ1v) is 8.44. The molecule has 3 aromatic rings. The fourth-order valence-electron chi connectivity index (χ4n) is 2.84. The van der Waals surface area contributed by atoms with E-state index >= 15 is 0 Å². The largest absolute Gasteiger partial charge is 0.307 e. The van der Waals surface area contributed by atoms with Crippen LogP contribution in [-0.2, 0) is 0 Å². The molecule has 0 fully saturated rings. The van der Waals surface area contributed by atoms with E-state index < -0.39 is 0 Å². The third-order valence-corrected chi connectivity index (χ3v) is 4.20. The van der Waals surface area contributed by atoms with Crippen molar-refractivity contribution in [2.75, 3.05) is 6.54 Å². The second-order valence-corrected chi connectivity index (χ2v) is 5.89. The first kappa shape index (κ1) is 19.0. The second-order valence-electron chi connectivity index (χ2n) is 5.89. The molecule has 0 radical (unpaired) electrons. The zero-order valence-electron chi connectivity index (χ0n) is 14.4. The van der Waals surface area contributed by atoms with Gasteiger partial charge in [-0.15, -0.1) is 12.4 Å². The second kappa shape index (κ2) is 9.83. The molecule has 3 rings (SSSR count). The first-order chi connectivity index (χ1) is 11.8. The van der Waals surface area contributed by atoms with Crippen molar-refractivity contribution in [1.29, 1.82) is 0 Å². The van der Waals surface area contributed by atoms with Gasteiger partial charge in [0.05, 0.1) is 0 Å². The maximum Gasteiger partial charge on any atom is 0.0294 e. The van der Waals surface area contributed by atoms with Crippen LogP contribution in [0.25, 0.3) is 5.57 Å². The lowest BCUT2D eigenvalue weighted by atomic mass is 9.97. The molecule has 0 aliphatic carbocycles. The van der Waals surface area contributed by atoms with E-state index in [0.29, 0.717) is 6.04 Å². The summed E-state index contributed by atoms with van der Waals surface area (Å²) in [6.45, 7) is 3.03. The van der Waals surface area contributed by atoms with Crippen molar-refractivity contribution in [3.8, 4) is 0 Å². The minimum Gasteiger partial charge on any atom is -0.307 e. The molecule has 1 unspecified atom stereocenters. The summed E-state index contributed by atoms with van der Waals surface area (Å²) >= 11 is 0. The number of benzene rings is 3.